The minimum absolute atomic E-state index is 0.0623. The molecular formula is C31H28F6N6OS2. The second-order valence-corrected chi connectivity index (χ2v) is 14.0. The molecule has 2 N–H and O–H groups in total. The van der Waals surface area contributed by atoms with Gasteiger partial charge in [-0.3, -0.25) is 4.90 Å². The number of fused-ring (bicyclic) bond motifs is 5. The van der Waals surface area contributed by atoms with Gasteiger partial charge in [-0.15, -0.1) is 11.3 Å². The van der Waals surface area contributed by atoms with E-state index in [9.17, 15) is 27.2 Å². The van der Waals surface area contributed by atoms with Crippen molar-refractivity contribution in [2.45, 2.75) is 56.2 Å². The van der Waals surface area contributed by atoms with Crippen LogP contribution >= 0.6 is 23.1 Å². The number of aromatic nitrogens is 2. The topological polar surface area (TPSA) is 91.3 Å². The van der Waals surface area contributed by atoms with Gasteiger partial charge in [0.1, 0.15) is 34.4 Å². The lowest BCUT2D eigenvalue weighted by Crippen LogP contribution is -2.62. The first-order valence-corrected chi connectivity index (χ1v) is 16.8. The molecule has 4 saturated heterocycles. The van der Waals surface area contributed by atoms with Crippen molar-refractivity contribution in [3.8, 4) is 23.2 Å². The summed E-state index contributed by atoms with van der Waals surface area (Å²) in [7, 11) is 1.29. The van der Waals surface area contributed by atoms with E-state index in [1.165, 1.54) is 20.0 Å². The molecule has 2 bridgehead atoms. The van der Waals surface area contributed by atoms with Crippen LogP contribution in [0.4, 0.5) is 37.2 Å². The highest BCUT2D eigenvalue weighted by Crippen LogP contribution is 2.49. The molecule has 0 amide bonds. The van der Waals surface area contributed by atoms with Gasteiger partial charge < -0.3 is 15.4 Å². The molecule has 8 rings (SSSR count). The summed E-state index contributed by atoms with van der Waals surface area (Å²) in [5.41, 5.74) is 2.86. The molecule has 6 heterocycles. The molecule has 0 saturated carbocycles. The minimum Gasteiger partial charge on any atom is -0.467 e. The number of hydrogen-bond donors (Lipinski definition) is 1. The Balaban J connectivity index is 0.000000321. The summed E-state index contributed by atoms with van der Waals surface area (Å²) >= 11 is 2.46. The summed E-state index contributed by atoms with van der Waals surface area (Å²) < 4.78 is 92.1. The number of halogens is 6. The van der Waals surface area contributed by atoms with Crippen LogP contribution in [0.3, 0.4) is 0 Å². The van der Waals surface area contributed by atoms with Gasteiger partial charge in [0, 0.05) is 52.5 Å². The quantitative estimate of drug-likeness (QED) is 0.229. The Hall–Kier alpha value is -3.48. The lowest BCUT2D eigenvalue weighted by Gasteiger charge is -2.53. The van der Waals surface area contributed by atoms with Crippen molar-refractivity contribution in [3.63, 3.8) is 0 Å². The van der Waals surface area contributed by atoms with E-state index in [1.807, 2.05) is 11.0 Å². The van der Waals surface area contributed by atoms with Crippen LogP contribution in [0.1, 0.15) is 36.8 Å². The maximum Gasteiger partial charge on any atom is 0.417 e. The zero-order valence-electron chi connectivity index (χ0n) is 24.5. The highest BCUT2D eigenvalue weighted by atomic mass is 32.2. The van der Waals surface area contributed by atoms with Crippen molar-refractivity contribution in [2.24, 2.45) is 0 Å². The van der Waals surface area contributed by atoms with Gasteiger partial charge in [0.05, 0.1) is 22.9 Å². The molecule has 7 nitrogen and oxygen atoms in total. The number of alkyl halides is 4. The van der Waals surface area contributed by atoms with Crippen molar-refractivity contribution in [1.82, 2.24) is 14.9 Å². The summed E-state index contributed by atoms with van der Waals surface area (Å²) in [4.78, 5) is 12.6. The molecule has 4 aliphatic heterocycles. The van der Waals surface area contributed by atoms with Gasteiger partial charge in [0.15, 0.2) is 5.82 Å². The Morgan fingerprint density at radius 1 is 1.11 bits per heavy atom. The number of nitrogen functional groups attached to an aromatic ring is 1. The van der Waals surface area contributed by atoms with Crippen LogP contribution in [-0.4, -0.2) is 70.9 Å². The van der Waals surface area contributed by atoms with E-state index >= 15 is 4.39 Å². The number of benzene rings is 2. The molecule has 4 fully saturated rings. The number of thiophene rings is 1. The van der Waals surface area contributed by atoms with E-state index in [1.54, 1.807) is 11.8 Å². The summed E-state index contributed by atoms with van der Waals surface area (Å²) in [6, 6.07) is 5.15. The zero-order chi connectivity index (χ0) is 32.5. The predicted molar refractivity (Wildman–Crippen MR) is 167 cm³/mol. The average molecular weight is 679 g/mol. The average Bonchev–Trinajstić information content (AvgIpc) is 3.71. The number of nitriles is 1. The predicted octanol–water partition coefficient (Wildman–Crippen LogP) is 7.16. The molecule has 4 aromatic rings. The Morgan fingerprint density at radius 3 is 2.52 bits per heavy atom. The monoisotopic (exact) mass is 678 g/mol. The number of ether oxygens (including phenoxy) is 1. The minimum atomic E-state index is -4.99. The Morgan fingerprint density at radius 2 is 1.87 bits per heavy atom. The van der Waals surface area contributed by atoms with E-state index in [-0.39, 0.29) is 61.0 Å². The summed E-state index contributed by atoms with van der Waals surface area (Å²) in [6.07, 6.45) is -1.30. The smallest absolute Gasteiger partial charge is 0.417 e. The number of rotatable bonds is 3. The van der Waals surface area contributed by atoms with Crippen molar-refractivity contribution >= 4 is 54.9 Å². The van der Waals surface area contributed by atoms with Crippen LogP contribution < -0.4 is 15.4 Å². The van der Waals surface area contributed by atoms with Gasteiger partial charge in [-0.1, -0.05) is 6.07 Å². The van der Waals surface area contributed by atoms with Crippen molar-refractivity contribution < 1.29 is 31.1 Å². The van der Waals surface area contributed by atoms with Crippen LogP contribution in [0.5, 0.6) is 6.01 Å². The third-order valence-corrected chi connectivity index (χ3v) is 11.5. The third-order valence-electron chi connectivity index (χ3n) is 9.23. The maximum absolute atomic E-state index is 16.3. The molecule has 242 valence electrons. The third kappa shape index (κ3) is 5.09. The van der Waals surface area contributed by atoms with Crippen molar-refractivity contribution in [1.29, 1.82) is 5.26 Å². The lowest BCUT2D eigenvalue weighted by atomic mass is 9.91. The molecule has 15 heteroatoms. The van der Waals surface area contributed by atoms with Crippen molar-refractivity contribution in [3.05, 3.63) is 41.0 Å². The highest BCUT2D eigenvalue weighted by Gasteiger charge is 2.45. The fraction of sp³-hybridized carbons (Fsp3) is 0.452. The zero-order valence-corrected chi connectivity index (χ0v) is 26.1. The largest absolute Gasteiger partial charge is 0.467 e. The first-order chi connectivity index (χ1) is 22.0. The number of anilines is 2. The molecule has 46 heavy (non-hydrogen) atoms. The van der Waals surface area contributed by atoms with Crippen LogP contribution in [0, 0.1) is 23.0 Å². The first-order valence-electron chi connectivity index (χ1n) is 14.8. The molecule has 2 aromatic heterocycles. The van der Waals surface area contributed by atoms with E-state index in [2.05, 4.69) is 14.9 Å². The molecule has 4 unspecified atom stereocenters. The SMILES string of the molecule is COc1nc(N2C3CSCC2C3)c2cc(C(F)(F)F)c(-c3ccc(F)c4sc(N)c(C#N)c34)c(F)c2n1.FC1CC2CCCN2C1. The van der Waals surface area contributed by atoms with E-state index in [0.717, 1.165) is 49.1 Å². The van der Waals surface area contributed by atoms with Gasteiger partial charge in [-0.05, 0) is 49.9 Å². The molecule has 0 aliphatic carbocycles. The van der Waals surface area contributed by atoms with Gasteiger partial charge in [0.2, 0.25) is 0 Å². The Kier molecular flexibility index (Phi) is 7.88. The molecule has 0 radical (unpaired) electrons. The van der Waals surface area contributed by atoms with Crippen LogP contribution in [0.15, 0.2) is 18.2 Å². The molecular weight excluding hydrogens is 651 g/mol. The summed E-state index contributed by atoms with van der Waals surface area (Å²) in [6.45, 7) is 1.86. The van der Waals surface area contributed by atoms with E-state index in [0.29, 0.717) is 23.9 Å². The molecule has 2 aromatic carbocycles. The normalized spacial score (nSPS) is 24.0. The Labute approximate surface area is 268 Å². The fourth-order valence-electron chi connectivity index (χ4n) is 7.19. The van der Waals surface area contributed by atoms with Crippen LogP contribution in [-0.2, 0) is 6.18 Å². The Bertz CT molecular complexity index is 1870. The second kappa shape index (κ2) is 11.6. The van der Waals surface area contributed by atoms with Gasteiger partial charge in [-0.2, -0.15) is 40.2 Å². The molecule has 4 atom stereocenters. The maximum atomic E-state index is 16.3. The van der Waals surface area contributed by atoms with Crippen LogP contribution in [0.2, 0.25) is 0 Å². The summed E-state index contributed by atoms with van der Waals surface area (Å²) in [5.74, 6) is -0.308. The number of nitrogens with two attached hydrogens (primary N) is 1. The number of methoxy groups -OCH3 is 1. The lowest BCUT2D eigenvalue weighted by molar-refractivity contribution is -0.137. The van der Waals surface area contributed by atoms with Gasteiger partial charge in [-0.25, -0.2) is 13.2 Å². The van der Waals surface area contributed by atoms with Crippen LogP contribution in [0.25, 0.3) is 32.1 Å². The van der Waals surface area contributed by atoms with Gasteiger partial charge in [0.25, 0.3) is 0 Å². The number of hydrogen-bond acceptors (Lipinski definition) is 9. The number of thioether (sulfide) groups is 1. The first kappa shape index (κ1) is 31.1. The molecule has 0 spiro atoms. The van der Waals surface area contributed by atoms with E-state index in [4.69, 9.17) is 10.5 Å². The molecule has 4 aliphatic rings. The van der Waals surface area contributed by atoms with Gasteiger partial charge >= 0.3 is 12.2 Å². The number of nitrogens with zero attached hydrogens (tertiary/aromatic N) is 5. The van der Waals surface area contributed by atoms with E-state index < -0.39 is 35.1 Å². The fourth-order valence-corrected chi connectivity index (χ4v) is 9.41. The second-order valence-electron chi connectivity index (χ2n) is 11.9. The standard InChI is InChI=1S/C24H16F5N5OS2.C7H12FN/c1-35-23-32-19-12(22(33-23)34-9-4-10(34)8-36-7-9)5-14(24(27,28)29)17(18(19)26)11-2-3-15(25)20-16(11)13(6-30)21(31)37-20;8-6-4-7-2-1-3-9(7)5-6/h2-3,5,9-10H,4,7-8,31H2,1H3;6-7H,1-5H2. The highest BCUT2D eigenvalue weighted by molar-refractivity contribution is 7.99. The van der Waals surface area contributed by atoms with Crippen molar-refractivity contribution in [2.75, 3.05) is 42.3 Å². The summed E-state index contributed by atoms with van der Waals surface area (Å²) in [5, 5.41) is 9.26.